The summed E-state index contributed by atoms with van der Waals surface area (Å²) in [5.74, 6) is 1.59. The van der Waals surface area contributed by atoms with Crippen LogP contribution in [0.3, 0.4) is 0 Å². The summed E-state index contributed by atoms with van der Waals surface area (Å²) in [5, 5.41) is 3.77. The molecule has 0 amide bonds. The second-order valence-electron chi connectivity index (χ2n) is 8.04. The first-order valence-corrected chi connectivity index (χ1v) is 11.8. The Hall–Kier alpha value is -1.52. The highest BCUT2D eigenvalue weighted by atomic mass is 79.9. The van der Waals surface area contributed by atoms with Gasteiger partial charge in [0.1, 0.15) is 6.61 Å². The highest BCUT2D eigenvalue weighted by molar-refractivity contribution is 9.10. The Morgan fingerprint density at radius 2 is 1.62 bits per heavy atom. The van der Waals surface area contributed by atoms with Crippen LogP contribution >= 0.6 is 15.9 Å². The number of hydrogen-bond acceptors (Lipinski definition) is 3. The van der Waals surface area contributed by atoms with Crippen LogP contribution in [-0.4, -0.2) is 12.6 Å². The zero-order valence-electron chi connectivity index (χ0n) is 17.8. The molecule has 2 aromatic carbocycles. The summed E-state index contributed by atoms with van der Waals surface area (Å²) in [6, 6.07) is 13.3. The fraction of sp³-hybridized carbons (Fsp3) is 0.520. The summed E-state index contributed by atoms with van der Waals surface area (Å²) < 4.78 is 13.0. The maximum atomic E-state index is 6.13. The minimum Gasteiger partial charge on any atom is -0.490 e. The van der Waals surface area contributed by atoms with Crippen molar-refractivity contribution >= 4 is 15.9 Å². The molecule has 0 atom stereocenters. The van der Waals surface area contributed by atoms with E-state index in [4.69, 9.17) is 9.47 Å². The lowest BCUT2D eigenvalue weighted by Gasteiger charge is -2.22. The van der Waals surface area contributed by atoms with E-state index in [1.807, 2.05) is 6.92 Å². The third-order valence-corrected chi connectivity index (χ3v) is 6.16. The van der Waals surface area contributed by atoms with Gasteiger partial charge in [-0.2, -0.15) is 0 Å². The quantitative estimate of drug-likeness (QED) is 0.463. The van der Waals surface area contributed by atoms with Gasteiger partial charge in [0.05, 0.1) is 11.1 Å². The number of hydrogen-bond donors (Lipinski definition) is 1. The van der Waals surface area contributed by atoms with Crippen LogP contribution in [0.4, 0.5) is 0 Å². The van der Waals surface area contributed by atoms with Gasteiger partial charge in [-0.1, -0.05) is 61.9 Å². The SMILES string of the molecule is CCOc1cc(CNC2CCCCCCC2)cc(Br)c1OCc1ccc(C)cc1. The monoisotopic (exact) mass is 459 g/mol. The van der Waals surface area contributed by atoms with E-state index in [9.17, 15) is 0 Å². The molecule has 3 nitrogen and oxygen atoms in total. The van der Waals surface area contributed by atoms with Crippen LogP contribution in [0.5, 0.6) is 11.5 Å². The predicted octanol–water partition coefficient (Wildman–Crippen LogP) is 6.94. The highest BCUT2D eigenvalue weighted by Gasteiger charge is 2.15. The fourth-order valence-corrected chi connectivity index (χ4v) is 4.49. The lowest BCUT2D eigenvalue weighted by Crippen LogP contribution is -2.29. The second kappa shape index (κ2) is 11.6. The third kappa shape index (κ3) is 7.04. The van der Waals surface area contributed by atoms with Gasteiger partial charge in [0.25, 0.3) is 0 Å². The average Bonchev–Trinajstić information content (AvgIpc) is 2.68. The van der Waals surface area contributed by atoms with Crippen LogP contribution in [-0.2, 0) is 13.2 Å². The van der Waals surface area contributed by atoms with Crippen molar-refractivity contribution in [1.29, 1.82) is 0 Å². The van der Waals surface area contributed by atoms with Crippen LogP contribution in [0, 0.1) is 6.92 Å². The van der Waals surface area contributed by atoms with Crippen molar-refractivity contribution in [2.45, 2.75) is 78.0 Å². The van der Waals surface area contributed by atoms with Crippen LogP contribution in [0.2, 0.25) is 0 Å². The van der Waals surface area contributed by atoms with Crippen molar-refractivity contribution in [3.8, 4) is 11.5 Å². The molecule has 1 aliphatic rings. The van der Waals surface area contributed by atoms with Crippen molar-refractivity contribution in [3.05, 3.63) is 57.6 Å². The molecule has 1 saturated carbocycles. The molecule has 3 rings (SSSR count). The smallest absolute Gasteiger partial charge is 0.175 e. The van der Waals surface area contributed by atoms with Crippen molar-refractivity contribution < 1.29 is 9.47 Å². The maximum Gasteiger partial charge on any atom is 0.175 e. The second-order valence-corrected chi connectivity index (χ2v) is 8.89. The average molecular weight is 460 g/mol. The van der Waals surface area contributed by atoms with E-state index in [1.165, 1.54) is 56.1 Å². The molecule has 1 aliphatic carbocycles. The first kappa shape index (κ1) is 22.2. The lowest BCUT2D eigenvalue weighted by atomic mass is 9.96. The number of halogens is 1. The zero-order chi connectivity index (χ0) is 20.5. The Labute approximate surface area is 184 Å². The molecule has 0 aliphatic heterocycles. The molecular weight excluding hydrogens is 426 g/mol. The summed E-state index contributed by atoms with van der Waals surface area (Å²) in [4.78, 5) is 0. The van der Waals surface area contributed by atoms with Gasteiger partial charge in [-0.25, -0.2) is 0 Å². The number of ether oxygens (including phenoxy) is 2. The standard InChI is InChI=1S/C25H34BrNO2/c1-3-28-24-16-21(17-27-22-9-7-5-4-6-8-10-22)15-23(26)25(24)29-18-20-13-11-19(2)12-14-20/h11-16,22,27H,3-10,17-18H2,1-2H3. The molecule has 2 aromatic rings. The van der Waals surface area contributed by atoms with Crippen molar-refractivity contribution in [3.63, 3.8) is 0 Å². The topological polar surface area (TPSA) is 30.5 Å². The Balaban J connectivity index is 1.65. The molecule has 4 heteroatoms. The minimum absolute atomic E-state index is 0.526. The van der Waals surface area contributed by atoms with E-state index in [1.54, 1.807) is 0 Å². The van der Waals surface area contributed by atoms with E-state index in [-0.39, 0.29) is 0 Å². The van der Waals surface area contributed by atoms with Crippen molar-refractivity contribution in [2.75, 3.05) is 6.61 Å². The van der Waals surface area contributed by atoms with Crippen molar-refractivity contribution in [1.82, 2.24) is 5.32 Å². The molecule has 158 valence electrons. The van der Waals surface area contributed by atoms with E-state index < -0.39 is 0 Å². The normalized spacial score (nSPS) is 15.6. The number of nitrogens with one attached hydrogen (secondary N) is 1. The van der Waals surface area contributed by atoms with Gasteiger partial charge in [0.15, 0.2) is 11.5 Å². The van der Waals surface area contributed by atoms with Crippen LogP contribution in [0.25, 0.3) is 0 Å². The first-order valence-electron chi connectivity index (χ1n) is 11.0. The molecule has 0 saturated heterocycles. The van der Waals surface area contributed by atoms with E-state index in [0.29, 0.717) is 19.3 Å². The molecular formula is C25H34BrNO2. The fourth-order valence-electron chi connectivity index (χ4n) is 3.89. The van der Waals surface area contributed by atoms with Gasteiger partial charge in [0, 0.05) is 12.6 Å². The Kier molecular flexibility index (Phi) is 8.88. The molecule has 0 spiro atoms. The number of rotatable bonds is 8. The van der Waals surface area contributed by atoms with E-state index in [0.717, 1.165) is 28.1 Å². The van der Waals surface area contributed by atoms with Crippen LogP contribution in [0.15, 0.2) is 40.9 Å². The van der Waals surface area contributed by atoms with Gasteiger partial charge in [-0.05, 0) is 65.9 Å². The summed E-state index contributed by atoms with van der Waals surface area (Å²) in [7, 11) is 0. The molecule has 0 unspecified atom stereocenters. The minimum atomic E-state index is 0.526. The summed E-state index contributed by atoms with van der Waals surface area (Å²) >= 11 is 3.71. The van der Waals surface area contributed by atoms with Crippen molar-refractivity contribution in [2.24, 2.45) is 0 Å². The zero-order valence-corrected chi connectivity index (χ0v) is 19.4. The molecule has 0 aromatic heterocycles. The van der Waals surface area contributed by atoms with Gasteiger partial charge in [-0.15, -0.1) is 0 Å². The molecule has 0 radical (unpaired) electrons. The molecule has 1 N–H and O–H groups in total. The first-order chi connectivity index (χ1) is 14.2. The lowest BCUT2D eigenvalue weighted by molar-refractivity contribution is 0.267. The van der Waals surface area contributed by atoms with Gasteiger partial charge in [-0.3, -0.25) is 0 Å². The molecule has 29 heavy (non-hydrogen) atoms. The van der Waals surface area contributed by atoms with Gasteiger partial charge in [0.2, 0.25) is 0 Å². The van der Waals surface area contributed by atoms with E-state index >= 15 is 0 Å². The Bertz CT molecular complexity index is 752. The Morgan fingerprint density at radius 3 is 2.31 bits per heavy atom. The number of aryl methyl sites for hydroxylation is 1. The predicted molar refractivity (Wildman–Crippen MR) is 124 cm³/mol. The third-order valence-electron chi connectivity index (χ3n) is 5.57. The van der Waals surface area contributed by atoms with Crippen LogP contribution in [0.1, 0.15) is 68.6 Å². The van der Waals surface area contributed by atoms with Gasteiger partial charge >= 0.3 is 0 Å². The van der Waals surface area contributed by atoms with Crippen LogP contribution < -0.4 is 14.8 Å². The van der Waals surface area contributed by atoms with E-state index in [2.05, 4.69) is 64.6 Å². The maximum absolute atomic E-state index is 6.13. The Morgan fingerprint density at radius 1 is 0.931 bits per heavy atom. The largest absolute Gasteiger partial charge is 0.490 e. The summed E-state index contributed by atoms with van der Waals surface area (Å²) in [6.45, 7) is 6.11. The number of benzene rings is 2. The molecule has 1 fully saturated rings. The van der Waals surface area contributed by atoms with Gasteiger partial charge < -0.3 is 14.8 Å². The molecule has 0 heterocycles. The highest BCUT2D eigenvalue weighted by Crippen LogP contribution is 2.37. The molecule has 0 bridgehead atoms. The summed E-state index contributed by atoms with van der Waals surface area (Å²) in [5.41, 5.74) is 3.64. The summed E-state index contributed by atoms with van der Waals surface area (Å²) in [6.07, 6.45) is 9.43.